The van der Waals surface area contributed by atoms with E-state index >= 15 is 0 Å². The molecule has 0 amide bonds. The molecule has 0 saturated carbocycles. The largest absolute Gasteiger partial charge is 0.363 e. The summed E-state index contributed by atoms with van der Waals surface area (Å²) in [5, 5.41) is 0. The maximum atomic E-state index is 5.67. The predicted molar refractivity (Wildman–Crippen MR) is 66.4 cm³/mol. The Balaban J connectivity index is 3.94. The van der Waals surface area contributed by atoms with Crippen molar-refractivity contribution in [2.45, 2.75) is 26.5 Å². The standard InChI is InChI=1S/C9H23NOP2/c1-3-9(11-4-2)10(5-7-12)6-8-13/h9H,3-8,12-13H2,1-2H3. The molecule has 0 saturated heterocycles. The van der Waals surface area contributed by atoms with Crippen LogP contribution in [0.1, 0.15) is 20.3 Å². The highest BCUT2D eigenvalue weighted by atomic mass is 31.0. The van der Waals surface area contributed by atoms with Crippen molar-refractivity contribution in [3.05, 3.63) is 0 Å². The first kappa shape index (κ1) is 13.8. The third-order valence-corrected chi connectivity index (χ3v) is 2.46. The normalized spacial score (nSPS) is 13.6. The summed E-state index contributed by atoms with van der Waals surface area (Å²) in [5.74, 6) is 0. The molecular weight excluding hydrogens is 200 g/mol. The molecule has 4 heteroatoms. The highest BCUT2D eigenvalue weighted by Crippen LogP contribution is 2.07. The molecule has 13 heavy (non-hydrogen) atoms. The minimum Gasteiger partial charge on any atom is -0.363 e. The summed E-state index contributed by atoms with van der Waals surface area (Å²) < 4.78 is 5.67. The molecule has 0 aliphatic carbocycles. The zero-order chi connectivity index (χ0) is 10.1. The van der Waals surface area contributed by atoms with Crippen LogP contribution >= 0.6 is 18.5 Å². The van der Waals surface area contributed by atoms with E-state index in [-0.39, 0.29) is 0 Å². The number of hydrogen-bond donors (Lipinski definition) is 0. The average Bonchev–Trinajstić information content (AvgIpc) is 2.14. The van der Waals surface area contributed by atoms with Crippen LogP contribution in [0.25, 0.3) is 0 Å². The van der Waals surface area contributed by atoms with Gasteiger partial charge < -0.3 is 4.74 Å². The van der Waals surface area contributed by atoms with Gasteiger partial charge in [0.15, 0.2) is 0 Å². The number of ether oxygens (including phenoxy) is 1. The fourth-order valence-electron chi connectivity index (χ4n) is 1.41. The Morgan fingerprint density at radius 1 is 1.15 bits per heavy atom. The molecule has 0 aromatic rings. The monoisotopic (exact) mass is 223 g/mol. The van der Waals surface area contributed by atoms with Crippen LogP contribution < -0.4 is 0 Å². The number of hydrogen-bond acceptors (Lipinski definition) is 2. The SMILES string of the molecule is CCOC(CC)N(CCP)CCP. The zero-order valence-corrected chi connectivity index (χ0v) is 11.1. The lowest BCUT2D eigenvalue weighted by Crippen LogP contribution is -2.39. The van der Waals surface area contributed by atoms with Gasteiger partial charge >= 0.3 is 0 Å². The maximum absolute atomic E-state index is 5.67. The Bertz CT molecular complexity index is 108. The lowest BCUT2D eigenvalue weighted by molar-refractivity contribution is -0.0508. The molecule has 0 heterocycles. The van der Waals surface area contributed by atoms with Gasteiger partial charge in [-0.1, -0.05) is 6.92 Å². The molecule has 0 fully saturated rings. The molecule has 0 N–H and O–H groups in total. The van der Waals surface area contributed by atoms with Crippen LogP contribution in [0.3, 0.4) is 0 Å². The van der Waals surface area contributed by atoms with Gasteiger partial charge in [-0.05, 0) is 25.7 Å². The van der Waals surface area contributed by atoms with E-state index in [2.05, 4.69) is 37.2 Å². The van der Waals surface area contributed by atoms with Crippen LogP contribution in [0.15, 0.2) is 0 Å². The fourth-order valence-corrected chi connectivity index (χ4v) is 2.07. The topological polar surface area (TPSA) is 12.5 Å². The molecule has 0 aliphatic rings. The van der Waals surface area contributed by atoms with Crippen molar-refractivity contribution in [3.8, 4) is 0 Å². The molecule has 0 spiro atoms. The van der Waals surface area contributed by atoms with Crippen LogP contribution in [-0.2, 0) is 4.74 Å². The summed E-state index contributed by atoms with van der Waals surface area (Å²) in [5.41, 5.74) is 0. The second-order valence-electron chi connectivity index (χ2n) is 2.93. The van der Waals surface area contributed by atoms with Gasteiger partial charge in [-0.3, -0.25) is 4.90 Å². The minimum absolute atomic E-state index is 0.311. The molecule has 3 unspecified atom stereocenters. The summed E-state index contributed by atoms with van der Waals surface area (Å²) in [6, 6.07) is 0. The Hall–Kier alpha value is 0.780. The second-order valence-corrected chi connectivity index (χ2v) is 4.09. The van der Waals surface area contributed by atoms with Gasteiger partial charge in [-0.2, -0.15) is 0 Å². The van der Waals surface area contributed by atoms with Crippen LogP contribution in [-0.4, -0.2) is 43.1 Å². The van der Waals surface area contributed by atoms with Gasteiger partial charge in [0.05, 0.1) is 0 Å². The first-order valence-corrected chi connectivity index (χ1v) is 6.69. The van der Waals surface area contributed by atoms with Crippen LogP contribution in [0.5, 0.6) is 0 Å². The Labute approximate surface area is 87.2 Å². The van der Waals surface area contributed by atoms with Gasteiger partial charge in [0.25, 0.3) is 0 Å². The van der Waals surface area contributed by atoms with E-state index in [0.29, 0.717) is 6.23 Å². The van der Waals surface area contributed by atoms with Gasteiger partial charge in [-0.15, -0.1) is 18.5 Å². The molecule has 0 rings (SSSR count). The smallest absolute Gasteiger partial charge is 0.110 e. The van der Waals surface area contributed by atoms with Crippen LogP contribution in [0.4, 0.5) is 0 Å². The van der Waals surface area contributed by atoms with E-state index < -0.39 is 0 Å². The summed E-state index contributed by atoms with van der Waals surface area (Å²) in [4.78, 5) is 2.41. The predicted octanol–water partition coefficient (Wildman–Crippen LogP) is 1.81. The highest BCUT2D eigenvalue weighted by Gasteiger charge is 2.14. The van der Waals surface area contributed by atoms with Crippen molar-refractivity contribution in [3.63, 3.8) is 0 Å². The van der Waals surface area contributed by atoms with Crippen molar-refractivity contribution in [1.82, 2.24) is 4.90 Å². The van der Waals surface area contributed by atoms with Crippen LogP contribution in [0.2, 0.25) is 0 Å². The van der Waals surface area contributed by atoms with Crippen molar-refractivity contribution >= 4 is 18.5 Å². The Kier molecular flexibility index (Phi) is 9.90. The first-order chi connectivity index (χ1) is 6.29. The molecule has 0 aromatic heterocycles. The van der Waals surface area contributed by atoms with Crippen LogP contribution in [0, 0.1) is 0 Å². The highest BCUT2D eigenvalue weighted by molar-refractivity contribution is 7.16. The van der Waals surface area contributed by atoms with E-state index in [1.54, 1.807) is 0 Å². The lowest BCUT2D eigenvalue weighted by Gasteiger charge is -2.29. The third kappa shape index (κ3) is 5.96. The second kappa shape index (κ2) is 9.34. The number of nitrogens with zero attached hydrogens (tertiary/aromatic N) is 1. The summed E-state index contributed by atoms with van der Waals surface area (Å²) in [6.07, 6.45) is 3.62. The van der Waals surface area contributed by atoms with Gasteiger partial charge in [0.1, 0.15) is 6.23 Å². The quantitative estimate of drug-likeness (QED) is 0.459. The van der Waals surface area contributed by atoms with Crippen molar-refractivity contribution in [2.75, 3.05) is 32.0 Å². The van der Waals surface area contributed by atoms with Gasteiger partial charge in [0.2, 0.25) is 0 Å². The average molecular weight is 223 g/mol. The van der Waals surface area contributed by atoms with Crippen molar-refractivity contribution < 1.29 is 4.74 Å². The maximum Gasteiger partial charge on any atom is 0.110 e. The number of rotatable bonds is 8. The minimum atomic E-state index is 0.311. The molecular formula is C9H23NOP2. The van der Waals surface area contributed by atoms with E-state index in [4.69, 9.17) is 4.74 Å². The van der Waals surface area contributed by atoms with E-state index in [0.717, 1.165) is 38.4 Å². The summed E-state index contributed by atoms with van der Waals surface area (Å²) >= 11 is 0. The van der Waals surface area contributed by atoms with Gasteiger partial charge in [0, 0.05) is 19.7 Å². The van der Waals surface area contributed by atoms with Crippen molar-refractivity contribution in [1.29, 1.82) is 0 Å². The lowest BCUT2D eigenvalue weighted by atomic mass is 10.3. The Morgan fingerprint density at radius 2 is 1.69 bits per heavy atom. The van der Waals surface area contributed by atoms with Crippen molar-refractivity contribution in [2.24, 2.45) is 0 Å². The molecule has 0 aromatic carbocycles. The molecule has 0 radical (unpaired) electrons. The fraction of sp³-hybridized carbons (Fsp3) is 1.00. The molecule has 2 nitrogen and oxygen atoms in total. The molecule has 3 atom stereocenters. The first-order valence-electron chi connectivity index (χ1n) is 5.05. The van der Waals surface area contributed by atoms with Gasteiger partial charge in [-0.25, -0.2) is 0 Å². The molecule has 0 aliphatic heterocycles. The Morgan fingerprint density at radius 3 is 2.00 bits per heavy atom. The van der Waals surface area contributed by atoms with E-state index in [9.17, 15) is 0 Å². The zero-order valence-electron chi connectivity index (χ0n) is 8.83. The summed E-state index contributed by atoms with van der Waals surface area (Å²) in [6.45, 7) is 7.26. The molecule has 0 bridgehead atoms. The summed E-state index contributed by atoms with van der Waals surface area (Å²) in [7, 11) is 5.54. The third-order valence-electron chi connectivity index (χ3n) is 1.95. The van der Waals surface area contributed by atoms with E-state index in [1.165, 1.54) is 0 Å². The van der Waals surface area contributed by atoms with E-state index in [1.807, 2.05) is 0 Å². The molecule has 80 valence electrons.